The Labute approximate surface area is 149 Å². The Hall–Kier alpha value is -3.54. The topological polar surface area (TPSA) is 61.4 Å². The van der Waals surface area contributed by atoms with Crippen LogP contribution in [-0.4, -0.2) is 30.0 Å². The molecule has 5 rings (SSSR count). The highest BCUT2D eigenvalue weighted by Crippen LogP contribution is 2.15. The lowest BCUT2D eigenvalue weighted by molar-refractivity contribution is 0.659. The van der Waals surface area contributed by atoms with Crippen molar-refractivity contribution in [1.82, 2.24) is 30.0 Å². The Morgan fingerprint density at radius 2 is 1.08 bits per heavy atom. The summed E-state index contributed by atoms with van der Waals surface area (Å²) in [5.41, 5.74) is 6.28. The van der Waals surface area contributed by atoms with E-state index in [1.165, 1.54) is 11.1 Å². The van der Waals surface area contributed by atoms with Crippen molar-refractivity contribution in [3.8, 4) is 0 Å². The van der Waals surface area contributed by atoms with Gasteiger partial charge in [-0.1, -0.05) is 59.0 Å². The SMILES string of the molecule is c1cc(Cn2nnc3ccccc32)cc(Cn2nnc3ccccc32)c1. The van der Waals surface area contributed by atoms with Gasteiger partial charge in [0.2, 0.25) is 0 Å². The molecule has 0 N–H and O–H groups in total. The van der Waals surface area contributed by atoms with Crippen LogP contribution >= 0.6 is 0 Å². The summed E-state index contributed by atoms with van der Waals surface area (Å²) in [6.07, 6.45) is 0. The number of hydrogen-bond acceptors (Lipinski definition) is 4. The summed E-state index contributed by atoms with van der Waals surface area (Å²) >= 11 is 0. The zero-order valence-corrected chi connectivity index (χ0v) is 14.0. The molecule has 0 unspecified atom stereocenters. The second kappa shape index (κ2) is 6.07. The van der Waals surface area contributed by atoms with Gasteiger partial charge in [-0.3, -0.25) is 0 Å². The molecule has 0 aliphatic carbocycles. The summed E-state index contributed by atoms with van der Waals surface area (Å²) < 4.78 is 3.86. The van der Waals surface area contributed by atoms with Gasteiger partial charge >= 0.3 is 0 Å². The molecule has 0 aliphatic heterocycles. The largest absolute Gasteiger partial charge is 0.240 e. The summed E-state index contributed by atoms with van der Waals surface area (Å²) in [7, 11) is 0. The van der Waals surface area contributed by atoms with Gasteiger partial charge in [-0.2, -0.15) is 0 Å². The van der Waals surface area contributed by atoms with Crippen LogP contribution < -0.4 is 0 Å². The molecule has 0 aliphatic rings. The van der Waals surface area contributed by atoms with Crippen LogP contribution in [0.5, 0.6) is 0 Å². The Morgan fingerprint density at radius 3 is 1.62 bits per heavy atom. The molecule has 5 aromatic rings. The average molecular weight is 340 g/mol. The highest BCUT2D eigenvalue weighted by molar-refractivity contribution is 5.74. The molecular formula is C20H16N6. The molecule has 0 spiro atoms. The Morgan fingerprint density at radius 1 is 0.577 bits per heavy atom. The smallest absolute Gasteiger partial charge is 0.113 e. The van der Waals surface area contributed by atoms with Crippen molar-refractivity contribution in [1.29, 1.82) is 0 Å². The van der Waals surface area contributed by atoms with E-state index in [1.54, 1.807) is 0 Å². The Kier molecular flexibility index (Phi) is 3.45. The molecule has 0 radical (unpaired) electrons. The van der Waals surface area contributed by atoms with E-state index in [-0.39, 0.29) is 0 Å². The maximum atomic E-state index is 4.28. The minimum atomic E-state index is 0.687. The summed E-state index contributed by atoms with van der Waals surface area (Å²) in [4.78, 5) is 0. The van der Waals surface area contributed by atoms with Crippen molar-refractivity contribution < 1.29 is 0 Å². The number of rotatable bonds is 4. The molecule has 6 nitrogen and oxygen atoms in total. The van der Waals surface area contributed by atoms with Gasteiger partial charge in [-0.05, 0) is 35.4 Å². The molecule has 3 aromatic carbocycles. The van der Waals surface area contributed by atoms with Crippen LogP contribution in [0, 0.1) is 0 Å². The zero-order valence-electron chi connectivity index (χ0n) is 14.0. The molecule has 6 heteroatoms. The van der Waals surface area contributed by atoms with E-state index < -0.39 is 0 Å². The monoisotopic (exact) mass is 340 g/mol. The summed E-state index contributed by atoms with van der Waals surface area (Å²) in [5.74, 6) is 0. The van der Waals surface area contributed by atoms with Crippen molar-refractivity contribution in [2.24, 2.45) is 0 Å². The third kappa shape index (κ3) is 2.61. The fourth-order valence-electron chi connectivity index (χ4n) is 3.24. The maximum Gasteiger partial charge on any atom is 0.113 e. The predicted octanol–water partition coefficient (Wildman–Crippen LogP) is 3.27. The second-order valence-electron chi connectivity index (χ2n) is 6.29. The minimum Gasteiger partial charge on any atom is -0.240 e. The third-order valence-corrected chi connectivity index (χ3v) is 4.50. The molecule has 2 aromatic heterocycles. The van der Waals surface area contributed by atoms with E-state index in [9.17, 15) is 0 Å². The highest BCUT2D eigenvalue weighted by atomic mass is 15.4. The van der Waals surface area contributed by atoms with Crippen LogP contribution in [0.15, 0.2) is 72.8 Å². The normalized spacial score (nSPS) is 11.4. The van der Waals surface area contributed by atoms with Crippen LogP contribution in [0.25, 0.3) is 22.1 Å². The van der Waals surface area contributed by atoms with Crippen LogP contribution in [0.4, 0.5) is 0 Å². The zero-order chi connectivity index (χ0) is 17.3. The maximum absolute atomic E-state index is 4.28. The molecule has 0 fully saturated rings. The van der Waals surface area contributed by atoms with Crippen molar-refractivity contribution in [2.75, 3.05) is 0 Å². The van der Waals surface area contributed by atoms with Crippen molar-refractivity contribution in [2.45, 2.75) is 13.1 Å². The Balaban J connectivity index is 1.44. The first-order valence-electron chi connectivity index (χ1n) is 8.51. The number of nitrogens with zero attached hydrogens (tertiary/aromatic N) is 6. The van der Waals surface area contributed by atoms with E-state index in [0.717, 1.165) is 22.1 Å². The number of benzene rings is 3. The van der Waals surface area contributed by atoms with Crippen molar-refractivity contribution in [3.05, 3.63) is 83.9 Å². The lowest BCUT2D eigenvalue weighted by Crippen LogP contribution is -2.05. The lowest BCUT2D eigenvalue weighted by Gasteiger charge is -2.07. The summed E-state index contributed by atoms with van der Waals surface area (Å²) in [6.45, 7) is 1.37. The third-order valence-electron chi connectivity index (χ3n) is 4.50. The van der Waals surface area contributed by atoms with Crippen LogP contribution in [0.2, 0.25) is 0 Å². The first-order chi connectivity index (χ1) is 12.9. The average Bonchev–Trinajstić information content (AvgIpc) is 3.27. The van der Waals surface area contributed by atoms with Gasteiger partial charge < -0.3 is 0 Å². The molecule has 2 heterocycles. The second-order valence-corrected chi connectivity index (χ2v) is 6.29. The van der Waals surface area contributed by atoms with Crippen molar-refractivity contribution >= 4 is 22.1 Å². The standard InChI is InChI=1S/C20H16N6/c1-3-10-19-17(8-1)21-23-25(19)13-15-6-5-7-16(12-15)14-26-20-11-4-2-9-18(20)22-24-26/h1-12H,13-14H2. The van der Waals surface area contributed by atoms with Gasteiger partial charge in [0.25, 0.3) is 0 Å². The fourth-order valence-corrected chi connectivity index (χ4v) is 3.24. The van der Waals surface area contributed by atoms with Crippen LogP contribution in [0.1, 0.15) is 11.1 Å². The Bertz CT molecular complexity index is 1110. The van der Waals surface area contributed by atoms with Gasteiger partial charge in [0.15, 0.2) is 0 Å². The van der Waals surface area contributed by atoms with Crippen molar-refractivity contribution in [3.63, 3.8) is 0 Å². The summed E-state index contributed by atoms with van der Waals surface area (Å²) in [6, 6.07) is 24.5. The van der Waals surface area contributed by atoms with Crippen LogP contribution in [-0.2, 0) is 13.1 Å². The molecular weight excluding hydrogens is 324 g/mol. The molecule has 26 heavy (non-hydrogen) atoms. The lowest BCUT2D eigenvalue weighted by atomic mass is 10.1. The van der Waals surface area contributed by atoms with E-state index >= 15 is 0 Å². The minimum absolute atomic E-state index is 0.687. The van der Waals surface area contributed by atoms with Crippen LogP contribution in [0.3, 0.4) is 0 Å². The van der Waals surface area contributed by atoms with E-state index in [4.69, 9.17) is 0 Å². The molecule has 0 saturated heterocycles. The van der Waals surface area contributed by atoms with E-state index in [0.29, 0.717) is 13.1 Å². The van der Waals surface area contributed by atoms with Gasteiger partial charge in [0, 0.05) is 0 Å². The number of para-hydroxylation sites is 2. The van der Waals surface area contributed by atoms with E-state index in [1.807, 2.05) is 57.9 Å². The van der Waals surface area contributed by atoms with Gasteiger partial charge in [0.05, 0.1) is 24.1 Å². The predicted molar refractivity (Wildman–Crippen MR) is 99.7 cm³/mol. The first kappa shape index (κ1) is 14.8. The van der Waals surface area contributed by atoms with Gasteiger partial charge in [-0.25, -0.2) is 9.36 Å². The molecule has 0 amide bonds. The number of fused-ring (bicyclic) bond motifs is 2. The summed E-state index contributed by atoms with van der Waals surface area (Å²) in [5, 5.41) is 17.0. The quantitative estimate of drug-likeness (QED) is 0.504. The molecule has 0 saturated carbocycles. The first-order valence-corrected chi connectivity index (χ1v) is 8.51. The number of aromatic nitrogens is 6. The molecule has 126 valence electrons. The van der Waals surface area contributed by atoms with E-state index in [2.05, 4.69) is 44.9 Å². The number of hydrogen-bond donors (Lipinski definition) is 0. The highest BCUT2D eigenvalue weighted by Gasteiger charge is 2.07. The molecule has 0 atom stereocenters. The van der Waals surface area contributed by atoms with Gasteiger partial charge in [0.1, 0.15) is 11.0 Å². The fraction of sp³-hybridized carbons (Fsp3) is 0.100. The van der Waals surface area contributed by atoms with Gasteiger partial charge in [-0.15, -0.1) is 10.2 Å². The molecule has 0 bridgehead atoms.